The van der Waals surface area contributed by atoms with Crippen LogP contribution >= 0.6 is 0 Å². The summed E-state index contributed by atoms with van der Waals surface area (Å²) < 4.78 is 14.9. The molecule has 7 heteroatoms. The maximum atomic E-state index is 12.3. The average Bonchev–Trinajstić information content (AvgIpc) is 2.59. The fourth-order valence-corrected chi connectivity index (χ4v) is 2.82. The predicted octanol–water partition coefficient (Wildman–Crippen LogP) is 0.916. The van der Waals surface area contributed by atoms with Crippen molar-refractivity contribution in [3.8, 4) is 5.75 Å². The van der Waals surface area contributed by atoms with Crippen molar-refractivity contribution in [1.29, 1.82) is 0 Å². The van der Waals surface area contributed by atoms with Crippen LogP contribution < -0.4 is 10.5 Å². The van der Waals surface area contributed by atoms with E-state index in [1.54, 1.807) is 38.1 Å². The second kappa shape index (κ2) is 9.39. The zero-order chi connectivity index (χ0) is 19.0. The summed E-state index contributed by atoms with van der Waals surface area (Å²) in [7, 11) is 2.39. The van der Waals surface area contributed by atoms with Gasteiger partial charge in [0.05, 0.1) is 20.1 Å². The Morgan fingerprint density at radius 2 is 1.76 bits per heavy atom. The Kier molecular flexibility index (Phi) is 7.86. The molecular weight excluding hydrogens is 326 g/mol. The van der Waals surface area contributed by atoms with E-state index in [1.807, 2.05) is 0 Å². The molecule has 0 saturated heterocycles. The van der Waals surface area contributed by atoms with Gasteiger partial charge in [0, 0.05) is 13.0 Å². The minimum Gasteiger partial charge on any atom is -0.492 e. The van der Waals surface area contributed by atoms with Crippen molar-refractivity contribution in [2.24, 2.45) is 17.6 Å². The molecule has 0 bridgehead atoms. The second-order valence-electron chi connectivity index (χ2n) is 6.12. The second-order valence-corrected chi connectivity index (χ2v) is 6.12. The van der Waals surface area contributed by atoms with Gasteiger partial charge in [-0.3, -0.25) is 4.79 Å². The molecule has 0 aliphatic rings. The highest BCUT2D eigenvalue weighted by atomic mass is 16.5. The molecule has 0 saturated carbocycles. The third-order valence-electron chi connectivity index (χ3n) is 3.96. The van der Waals surface area contributed by atoms with Crippen molar-refractivity contribution in [2.75, 3.05) is 27.4 Å². The van der Waals surface area contributed by atoms with Crippen LogP contribution in [0.15, 0.2) is 24.3 Å². The standard InChI is InChI=1S/C18H27NO6/c1-12(2)15(16(20)23-3)18(22,17(21)24-4)11-13-5-7-14(8-6-13)25-10-9-19/h5-8,12,15,22H,9-11,19H2,1-4H3. The number of rotatable bonds is 9. The van der Waals surface area contributed by atoms with Crippen LogP contribution in [0.3, 0.4) is 0 Å². The molecule has 0 fully saturated rings. The third-order valence-corrected chi connectivity index (χ3v) is 3.96. The summed E-state index contributed by atoms with van der Waals surface area (Å²) in [6.45, 7) is 4.26. The monoisotopic (exact) mass is 353 g/mol. The van der Waals surface area contributed by atoms with E-state index in [4.69, 9.17) is 19.9 Å². The lowest BCUT2D eigenvalue weighted by Crippen LogP contribution is -2.54. The van der Waals surface area contributed by atoms with Gasteiger partial charge in [-0.05, 0) is 23.6 Å². The first kappa shape index (κ1) is 20.9. The molecule has 0 amide bonds. The molecule has 1 aromatic carbocycles. The maximum Gasteiger partial charge on any atom is 0.339 e. The van der Waals surface area contributed by atoms with Crippen molar-refractivity contribution >= 4 is 11.9 Å². The molecule has 0 radical (unpaired) electrons. The average molecular weight is 353 g/mol. The first-order valence-electron chi connectivity index (χ1n) is 8.10. The first-order valence-corrected chi connectivity index (χ1v) is 8.10. The van der Waals surface area contributed by atoms with E-state index in [0.717, 1.165) is 0 Å². The van der Waals surface area contributed by atoms with Crippen LogP contribution in [0.1, 0.15) is 19.4 Å². The van der Waals surface area contributed by atoms with Gasteiger partial charge in [-0.1, -0.05) is 26.0 Å². The summed E-state index contributed by atoms with van der Waals surface area (Å²) in [4.78, 5) is 24.5. The molecule has 140 valence electrons. The Morgan fingerprint density at radius 3 is 2.20 bits per heavy atom. The highest BCUT2D eigenvalue weighted by molar-refractivity contribution is 5.88. The summed E-state index contributed by atoms with van der Waals surface area (Å²) in [6, 6.07) is 6.86. The number of aliphatic hydroxyl groups is 1. The Balaban J connectivity index is 3.13. The number of benzene rings is 1. The number of ether oxygens (including phenoxy) is 3. The minimum absolute atomic E-state index is 0.0885. The smallest absolute Gasteiger partial charge is 0.339 e. The Labute approximate surface area is 148 Å². The number of hydrogen-bond donors (Lipinski definition) is 2. The number of carbonyl (C=O) groups is 2. The SMILES string of the molecule is COC(=O)C(C(C)C)C(O)(Cc1ccc(OCCN)cc1)C(=O)OC. The zero-order valence-corrected chi connectivity index (χ0v) is 15.2. The van der Waals surface area contributed by atoms with Crippen LogP contribution in [0.25, 0.3) is 0 Å². The molecule has 0 aromatic heterocycles. The third kappa shape index (κ3) is 5.17. The zero-order valence-electron chi connectivity index (χ0n) is 15.2. The van der Waals surface area contributed by atoms with Crippen LogP contribution in [0.4, 0.5) is 0 Å². The van der Waals surface area contributed by atoms with E-state index >= 15 is 0 Å². The topological polar surface area (TPSA) is 108 Å². The van der Waals surface area contributed by atoms with Gasteiger partial charge in [-0.2, -0.15) is 0 Å². The highest BCUT2D eigenvalue weighted by Gasteiger charge is 2.51. The summed E-state index contributed by atoms with van der Waals surface area (Å²) >= 11 is 0. The van der Waals surface area contributed by atoms with E-state index in [9.17, 15) is 14.7 Å². The Bertz CT molecular complexity index is 571. The van der Waals surface area contributed by atoms with Gasteiger partial charge >= 0.3 is 11.9 Å². The number of methoxy groups -OCH3 is 2. The van der Waals surface area contributed by atoms with Crippen LogP contribution in [0, 0.1) is 11.8 Å². The molecular formula is C18H27NO6. The van der Waals surface area contributed by atoms with Gasteiger partial charge in [0.15, 0.2) is 5.60 Å². The molecule has 25 heavy (non-hydrogen) atoms. The van der Waals surface area contributed by atoms with E-state index in [0.29, 0.717) is 24.5 Å². The van der Waals surface area contributed by atoms with Gasteiger partial charge in [-0.15, -0.1) is 0 Å². The summed E-state index contributed by atoms with van der Waals surface area (Å²) in [6.07, 6.45) is -0.0885. The fraction of sp³-hybridized carbons (Fsp3) is 0.556. The van der Waals surface area contributed by atoms with Crippen molar-refractivity contribution in [3.05, 3.63) is 29.8 Å². The van der Waals surface area contributed by atoms with Crippen LogP contribution in [-0.4, -0.2) is 50.0 Å². The molecule has 0 aliphatic heterocycles. The van der Waals surface area contributed by atoms with Crippen LogP contribution in [0.2, 0.25) is 0 Å². The van der Waals surface area contributed by atoms with E-state index in [1.165, 1.54) is 14.2 Å². The van der Waals surface area contributed by atoms with Crippen LogP contribution in [0.5, 0.6) is 5.75 Å². The predicted molar refractivity (Wildman–Crippen MR) is 92.0 cm³/mol. The van der Waals surface area contributed by atoms with E-state index in [-0.39, 0.29) is 12.3 Å². The lowest BCUT2D eigenvalue weighted by Gasteiger charge is -2.34. The number of hydrogen-bond acceptors (Lipinski definition) is 7. The van der Waals surface area contributed by atoms with Gasteiger partial charge in [0.25, 0.3) is 0 Å². The van der Waals surface area contributed by atoms with Crippen LogP contribution in [-0.2, 0) is 25.5 Å². The first-order chi connectivity index (χ1) is 11.8. The number of esters is 2. The van der Waals surface area contributed by atoms with Gasteiger partial charge in [-0.25, -0.2) is 4.79 Å². The molecule has 0 aliphatic carbocycles. The minimum atomic E-state index is -2.03. The largest absolute Gasteiger partial charge is 0.492 e. The van der Waals surface area contributed by atoms with Crippen molar-refractivity contribution in [3.63, 3.8) is 0 Å². The van der Waals surface area contributed by atoms with Gasteiger partial charge in [0.2, 0.25) is 0 Å². The Hall–Kier alpha value is -2.12. The maximum absolute atomic E-state index is 12.3. The molecule has 2 unspecified atom stereocenters. The van der Waals surface area contributed by atoms with E-state index < -0.39 is 23.5 Å². The number of carbonyl (C=O) groups excluding carboxylic acids is 2. The van der Waals surface area contributed by atoms with Gasteiger partial charge in [0.1, 0.15) is 12.4 Å². The van der Waals surface area contributed by atoms with Crippen molar-refractivity contribution < 1.29 is 28.9 Å². The van der Waals surface area contributed by atoms with Crippen molar-refractivity contribution in [1.82, 2.24) is 0 Å². The molecule has 3 N–H and O–H groups in total. The lowest BCUT2D eigenvalue weighted by molar-refractivity contribution is -0.181. The van der Waals surface area contributed by atoms with E-state index in [2.05, 4.69) is 0 Å². The summed E-state index contributed by atoms with van der Waals surface area (Å²) in [5.41, 5.74) is 4.01. The molecule has 2 atom stereocenters. The van der Waals surface area contributed by atoms with Crippen molar-refractivity contribution in [2.45, 2.75) is 25.9 Å². The molecule has 1 aromatic rings. The highest BCUT2D eigenvalue weighted by Crippen LogP contribution is 2.32. The Morgan fingerprint density at radius 1 is 1.16 bits per heavy atom. The van der Waals surface area contributed by atoms with Gasteiger partial charge < -0.3 is 25.1 Å². The summed E-state index contributed by atoms with van der Waals surface area (Å²) in [5, 5.41) is 11.1. The molecule has 0 spiro atoms. The fourth-order valence-electron chi connectivity index (χ4n) is 2.82. The summed E-state index contributed by atoms with van der Waals surface area (Å²) in [5.74, 6) is -2.29. The normalized spacial score (nSPS) is 14.5. The lowest BCUT2D eigenvalue weighted by atomic mass is 9.76. The molecule has 1 rings (SSSR count). The number of nitrogens with two attached hydrogens (primary N) is 1. The molecule has 0 heterocycles. The quantitative estimate of drug-likeness (QED) is 0.635. The molecule has 7 nitrogen and oxygen atoms in total.